The summed E-state index contributed by atoms with van der Waals surface area (Å²) in [7, 11) is 0. The van der Waals surface area contributed by atoms with E-state index in [1.807, 2.05) is 85.3 Å². The molecule has 7 nitrogen and oxygen atoms in total. The highest BCUT2D eigenvalue weighted by atomic mass is 79.9. The van der Waals surface area contributed by atoms with Crippen molar-refractivity contribution in [1.82, 2.24) is 14.2 Å². The number of aryl methyl sites for hydroxylation is 2. The molecule has 0 aliphatic rings. The Morgan fingerprint density at radius 2 is 1.86 bits per heavy atom. The van der Waals surface area contributed by atoms with Gasteiger partial charge in [0.1, 0.15) is 12.4 Å². The van der Waals surface area contributed by atoms with E-state index < -0.39 is 0 Å². The number of halogens is 1. The third kappa shape index (κ3) is 4.59. The summed E-state index contributed by atoms with van der Waals surface area (Å²) in [5.41, 5.74) is 3.92. The summed E-state index contributed by atoms with van der Waals surface area (Å²) in [5, 5.41) is 8.95. The Balaban J connectivity index is 1.51. The molecule has 0 bridgehead atoms. The van der Waals surface area contributed by atoms with Crippen LogP contribution in [0.1, 0.15) is 23.9 Å². The number of fused-ring (bicyclic) bond motifs is 2. The standard InChI is InChI=1S/C28H24BrN5O2/c1-3-26-31-24-13-12-20(29)14-22(24)28(36)34(26)30-15-19-16-33(25-11-7-5-9-21(19)25)17-27(35)32-23-10-6-4-8-18(23)2/h4-16H,3,17H2,1-2H3,(H,32,35). The van der Waals surface area contributed by atoms with Gasteiger partial charge in [0.15, 0.2) is 0 Å². The van der Waals surface area contributed by atoms with Crippen molar-refractivity contribution < 1.29 is 4.79 Å². The van der Waals surface area contributed by atoms with Gasteiger partial charge in [-0.15, -0.1) is 0 Å². The lowest BCUT2D eigenvalue weighted by Gasteiger charge is -2.09. The molecule has 3 aromatic carbocycles. The molecular weight excluding hydrogens is 518 g/mol. The van der Waals surface area contributed by atoms with Crippen molar-refractivity contribution >= 4 is 55.5 Å². The Morgan fingerprint density at radius 1 is 1.08 bits per heavy atom. The normalized spacial score (nSPS) is 11.5. The SMILES string of the molecule is CCc1nc2ccc(Br)cc2c(=O)n1N=Cc1cn(CC(=O)Nc2ccccc2C)c2ccccc12. The zero-order valence-corrected chi connectivity index (χ0v) is 21.5. The van der Waals surface area contributed by atoms with Crippen molar-refractivity contribution in [3.05, 3.63) is 105 Å². The van der Waals surface area contributed by atoms with E-state index in [4.69, 9.17) is 0 Å². The summed E-state index contributed by atoms with van der Waals surface area (Å²) in [6.45, 7) is 4.05. The maximum absolute atomic E-state index is 13.2. The smallest absolute Gasteiger partial charge is 0.282 e. The van der Waals surface area contributed by atoms with Gasteiger partial charge in [-0.3, -0.25) is 9.59 Å². The summed E-state index contributed by atoms with van der Waals surface area (Å²) in [6.07, 6.45) is 4.09. The van der Waals surface area contributed by atoms with Crippen LogP contribution in [0.25, 0.3) is 21.8 Å². The molecule has 5 rings (SSSR count). The van der Waals surface area contributed by atoms with E-state index in [-0.39, 0.29) is 18.0 Å². The second-order valence-electron chi connectivity index (χ2n) is 8.50. The molecule has 1 amide bonds. The quantitative estimate of drug-likeness (QED) is 0.288. The number of benzene rings is 3. The van der Waals surface area contributed by atoms with E-state index in [0.29, 0.717) is 23.1 Å². The third-order valence-electron chi connectivity index (χ3n) is 6.06. The summed E-state index contributed by atoms with van der Waals surface area (Å²) < 4.78 is 4.05. The molecule has 0 fully saturated rings. The minimum atomic E-state index is -0.226. The molecule has 2 aromatic heterocycles. The van der Waals surface area contributed by atoms with Gasteiger partial charge in [-0.05, 0) is 42.8 Å². The zero-order valence-electron chi connectivity index (χ0n) is 19.9. The minimum absolute atomic E-state index is 0.123. The Labute approximate surface area is 216 Å². The van der Waals surface area contributed by atoms with Gasteiger partial charge in [-0.1, -0.05) is 59.3 Å². The van der Waals surface area contributed by atoms with E-state index in [2.05, 4.69) is 31.3 Å². The van der Waals surface area contributed by atoms with Crippen LogP contribution in [-0.4, -0.2) is 26.3 Å². The van der Waals surface area contributed by atoms with Crippen molar-refractivity contribution in [2.45, 2.75) is 26.8 Å². The monoisotopic (exact) mass is 541 g/mol. The number of carbonyl (C=O) groups is 1. The van der Waals surface area contributed by atoms with Gasteiger partial charge in [0.05, 0.1) is 17.1 Å². The maximum Gasteiger partial charge on any atom is 0.282 e. The summed E-state index contributed by atoms with van der Waals surface area (Å²) in [5.74, 6) is 0.453. The lowest BCUT2D eigenvalue weighted by Crippen LogP contribution is -2.22. The molecule has 180 valence electrons. The molecule has 0 radical (unpaired) electrons. The Bertz CT molecular complexity index is 1700. The number of hydrogen-bond donors (Lipinski definition) is 1. The van der Waals surface area contributed by atoms with Gasteiger partial charge in [0.2, 0.25) is 5.91 Å². The van der Waals surface area contributed by atoms with Crippen LogP contribution in [0.3, 0.4) is 0 Å². The molecule has 0 atom stereocenters. The fraction of sp³-hybridized carbons (Fsp3) is 0.143. The molecule has 5 aromatic rings. The molecule has 0 unspecified atom stereocenters. The van der Waals surface area contributed by atoms with Crippen LogP contribution in [0.5, 0.6) is 0 Å². The highest BCUT2D eigenvalue weighted by Crippen LogP contribution is 2.21. The van der Waals surface area contributed by atoms with E-state index in [0.717, 1.165) is 32.2 Å². The third-order valence-corrected chi connectivity index (χ3v) is 6.55. The Hall–Kier alpha value is -4.04. The molecule has 0 saturated carbocycles. The average Bonchev–Trinajstić information content (AvgIpc) is 3.22. The molecule has 8 heteroatoms. The average molecular weight is 542 g/mol. The predicted molar refractivity (Wildman–Crippen MR) is 148 cm³/mol. The van der Waals surface area contributed by atoms with Gasteiger partial charge >= 0.3 is 0 Å². The van der Waals surface area contributed by atoms with Crippen LogP contribution >= 0.6 is 15.9 Å². The first kappa shape index (κ1) is 23.7. The number of amides is 1. The van der Waals surface area contributed by atoms with Crippen LogP contribution in [0, 0.1) is 6.92 Å². The lowest BCUT2D eigenvalue weighted by molar-refractivity contribution is -0.116. The van der Waals surface area contributed by atoms with Crippen molar-refractivity contribution in [2.24, 2.45) is 5.10 Å². The number of rotatable bonds is 6. The summed E-state index contributed by atoms with van der Waals surface area (Å²) in [4.78, 5) is 30.7. The first-order valence-corrected chi connectivity index (χ1v) is 12.4. The van der Waals surface area contributed by atoms with Crippen LogP contribution < -0.4 is 10.9 Å². The van der Waals surface area contributed by atoms with Gasteiger partial charge in [-0.2, -0.15) is 9.78 Å². The summed E-state index contributed by atoms with van der Waals surface area (Å²) in [6, 6.07) is 21.0. The van der Waals surface area contributed by atoms with E-state index >= 15 is 0 Å². The molecule has 0 spiro atoms. The van der Waals surface area contributed by atoms with E-state index in [1.54, 1.807) is 12.3 Å². The molecule has 1 N–H and O–H groups in total. The zero-order chi connectivity index (χ0) is 25.2. The van der Waals surface area contributed by atoms with E-state index in [1.165, 1.54) is 4.68 Å². The molecule has 0 aliphatic heterocycles. The number of hydrogen-bond acceptors (Lipinski definition) is 4. The fourth-order valence-electron chi connectivity index (χ4n) is 4.23. The number of aromatic nitrogens is 3. The number of para-hydroxylation sites is 2. The van der Waals surface area contributed by atoms with Crippen LogP contribution in [0.15, 0.2) is 87.3 Å². The Morgan fingerprint density at radius 3 is 2.67 bits per heavy atom. The topological polar surface area (TPSA) is 81.3 Å². The molecular formula is C28H24BrN5O2. The van der Waals surface area contributed by atoms with Gasteiger partial charge in [-0.25, -0.2) is 4.98 Å². The predicted octanol–water partition coefficient (Wildman–Crippen LogP) is 5.51. The molecule has 0 saturated heterocycles. The van der Waals surface area contributed by atoms with Crippen molar-refractivity contribution in [2.75, 3.05) is 5.32 Å². The fourth-order valence-corrected chi connectivity index (χ4v) is 4.59. The van der Waals surface area contributed by atoms with Gasteiger partial charge in [0.25, 0.3) is 5.56 Å². The van der Waals surface area contributed by atoms with Crippen molar-refractivity contribution in [3.8, 4) is 0 Å². The first-order chi connectivity index (χ1) is 17.4. The maximum atomic E-state index is 13.2. The number of nitrogens with one attached hydrogen (secondary N) is 1. The van der Waals surface area contributed by atoms with Crippen LogP contribution in [0.2, 0.25) is 0 Å². The van der Waals surface area contributed by atoms with Crippen LogP contribution in [0.4, 0.5) is 5.69 Å². The highest BCUT2D eigenvalue weighted by Gasteiger charge is 2.13. The number of carbonyl (C=O) groups excluding carboxylic acids is 1. The Kier molecular flexibility index (Phi) is 6.52. The first-order valence-electron chi connectivity index (χ1n) is 11.6. The van der Waals surface area contributed by atoms with E-state index in [9.17, 15) is 9.59 Å². The van der Waals surface area contributed by atoms with Crippen molar-refractivity contribution in [3.63, 3.8) is 0 Å². The highest BCUT2D eigenvalue weighted by molar-refractivity contribution is 9.10. The largest absolute Gasteiger partial charge is 0.337 e. The number of anilines is 1. The number of nitrogens with zero attached hydrogens (tertiary/aromatic N) is 4. The van der Waals surface area contributed by atoms with Crippen molar-refractivity contribution in [1.29, 1.82) is 0 Å². The van der Waals surface area contributed by atoms with Crippen LogP contribution in [-0.2, 0) is 17.8 Å². The van der Waals surface area contributed by atoms with Gasteiger partial charge in [0, 0.05) is 39.2 Å². The molecule has 2 heterocycles. The second kappa shape index (κ2) is 9.91. The van der Waals surface area contributed by atoms with Gasteiger partial charge < -0.3 is 9.88 Å². The lowest BCUT2D eigenvalue weighted by atomic mass is 10.2. The summed E-state index contributed by atoms with van der Waals surface area (Å²) >= 11 is 3.43. The molecule has 0 aliphatic carbocycles. The molecule has 36 heavy (non-hydrogen) atoms. The minimum Gasteiger partial charge on any atom is -0.337 e. The second-order valence-corrected chi connectivity index (χ2v) is 9.41.